The van der Waals surface area contributed by atoms with Crippen LogP contribution in [0.1, 0.15) is 57.1 Å². The second-order valence-electron chi connectivity index (χ2n) is 8.21. The number of benzene rings is 1. The minimum Gasteiger partial charge on any atom is -0.385 e. The van der Waals surface area contributed by atoms with Crippen LogP contribution < -0.4 is 0 Å². The van der Waals surface area contributed by atoms with E-state index in [1.54, 1.807) is 6.07 Å². The molecule has 1 aliphatic carbocycles. The van der Waals surface area contributed by atoms with Gasteiger partial charge in [0, 0.05) is 19.1 Å². The Labute approximate surface area is 141 Å². The second kappa shape index (κ2) is 6.03. The molecule has 0 amide bonds. The van der Waals surface area contributed by atoms with Gasteiger partial charge in [-0.05, 0) is 55.2 Å². The number of halogens is 3. The van der Waals surface area contributed by atoms with Crippen molar-refractivity contribution >= 4 is 0 Å². The van der Waals surface area contributed by atoms with Crippen LogP contribution in [0.4, 0.5) is 13.2 Å². The van der Waals surface area contributed by atoms with Gasteiger partial charge < -0.3 is 10.0 Å². The summed E-state index contributed by atoms with van der Waals surface area (Å²) in [5.74, 6) is 0. The highest BCUT2D eigenvalue weighted by molar-refractivity contribution is 5.30. The number of hydrogen-bond donors (Lipinski definition) is 1. The van der Waals surface area contributed by atoms with E-state index in [0.29, 0.717) is 29.9 Å². The van der Waals surface area contributed by atoms with Crippen LogP contribution in [0.2, 0.25) is 0 Å². The van der Waals surface area contributed by atoms with Gasteiger partial charge >= 0.3 is 6.18 Å². The molecule has 0 radical (unpaired) electrons. The van der Waals surface area contributed by atoms with Crippen molar-refractivity contribution in [3.63, 3.8) is 0 Å². The van der Waals surface area contributed by atoms with Gasteiger partial charge in [-0.2, -0.15) is 13.2 Å². The molecule has 1 aromatic rings. The lowest BCUT2D eigenvalue weighted by atomic mass is 9.83. The summed E-state index contributed by atoms with van der Waals surface area (Å²) < 4.78 is 38.7. The average molecular weight is 341 g/mol. The first-order valence-electron chi connectivity index (χ1n) is 8.73. The molecular formula is C19H26F3NO. The summed E-state index contributed by atoms with van der Waals surface area (Å²) in [5, 5.41) is 10.9. The van der Waals surface area contributed by atoms with Crippen molar-refractivity contribution in [2.75, 3.05) is 13.1 Å². The molecule has 2 fully saturated rings. The Hall–Kier alpha value is -1.07. The zero-order valence-corrected chi connectivity index (χ0v) is 14.4. The monoisotopic (exact) mass is 341 g/mol. The van der Waals surface area contributed by atoms with Crippen LogP contribution in [0.3, 0.4) is 0 Å². The van der Waals surface area contributed by atoms with Gasteiger partial charge in [-0.1, -0.05) is 26.0 Å². The minimum atomic E-state index is -4.37. The molecule has 0 bridgehead atoms. The van der Waals surface area contributed by atoms with Gasteiger partial charge in [-0.15, -0.1) is 0 Å². The molecule has 3 rings (SSSR count). The lowest BCUT2D eigenvalue weighted by molar-refractivity contribution is -0.137. The Morgan fingerprint density at radius 1 is 1.12 bits per heavy atom. The van der Waals surface area contributed by atoms with Crippen molar-refractivity contribution < 1.29 is 18.3 Å². The Morgan fingerprint density at radius 2 is 1.79 bits per heavy atom. The van der Waals surface area contributed by atoms with E-state index < -0.39 is 17.3 Å². The Kier molecular flexibility index (Phi) is 4.45. The summed E-state index contributed by atoms with van der Waals surface area (Å²) in [7, 11) is 0. The van der Waals surface area contributed by atoms with E-state index >= 15 is 0 Å². The molecule has 0 aromatic heterocycles. The van der Waals surface area contributed by atoms with Crippen molar-refractivity contribution in [3.8, 4) is 0 Å². The maximum atomic E-state index is 12.9. The molecule has 2 nitrogen and oxygen atoms in total. The number of likely N-dealkylation sites (tertiary alicyclic amines) is 1. The molecule has 24 heavy (non-hydrogen) atoms. The SMILES string of the molecule is CC1(C)CCC(N2CCC(O)(c3cccc(C(F)(F)F)c3)CC2)C1. The van der Waals surface area contributed by atoms with Crippen LogP contribution in [0.15, 0.2) is 24.3 Å². The molecule has 1 atom stereocenters. The smallest absolute Gasteiger partial charge is 0.385 e. The van der Waals surface area contributed by atoms with E-state index in [1.165, 1.54) is 18.9 Å². The number of hydrogen-bond acceptors (Lipinski definition) is 2. The third kappa shape index (κ3) is 3.62. The first-order chi connectivity index (χ1) is 11.1. The Bertz CT molecular complexity index is 589. The van der Waals surface area contributed by atoms with Crippen LogP contribution >= 0.6 is 0 Å². The predicted molar refractivity (Wildman–Crippen MR) is 87.6 cm³/mol. The average Bonchev–Trinajstić information content (AvgIpc) is 2.87. The van der Waals surface area contributed by atoms with Crippen molar-refractivity contribution in [2.24, 2.45) is 5.41 Å². The summed E-state index contributed by atoms with van der Waals surface area (Å²) in [6, 6.07) is 5.72. The van der Waals surface area contributed by atoms with E-state index in [9.17, 15) is 18.3 Å². The van der Waals surface area contributed by atoms with Gasteiger partial charge in [0.25, 0.3) is 0 Å². The molecule has 1 aliphatic heterocycles. The molecule has 1 saturated carbocycles. The van der Waals surface area contributed by atoms with E-state index in [-0.39, 0.29) is 0 Å². The topological polar surface area (TPSA) is 23.5 Å². The summed E-state index contributed by atoms with van der Waals surface area (Å²) in [6.07, 6.45) is 0.162. The number of alkyl halides is 3. The van der Waals surface area contributed by atoms with E-state index in [2.05, 4.69) is 18.7 Å². The maximum Gasteiger partial charge on any atom is 0.416 e. The second-order valence-corrected chi connectivity index (χ2v) is 8.21. The first-order valence-corrected chi connectivity index (χ1v) is 8.73. The van der Waals surface area contributed by atoms with Crippen molar-refractivity contribution in [3.05, 3.63) is 35.4 Å². The molecule has 2 aliphatic rings. The van der Waals surface area contributed by atoms with Crippen molar-refractivity contribution in [2.45, 2.75) is 63.8 Å². The standard InChI is InChI=1S/C19H26F3NO/c1-17(2)7-6-16(13-17)23-10-8-18(24,9-11-23)14-4-3-5-15(12-14)19(20,21)22/h3-5,12,16,24H,6-11,13H2,1-2H3. The fourth-order valence-electron chi connectivity index (χ4n) is 4.24. The highest BCUT2D eigenvalue weighted by Gasteiger charge is 2.40. The van der Waals surface area contributed by atoms with E-state index in [0.717, 1.165) is 31.6 Å². The normalized spacial score (nSPS) is 27.3. The molecule has 1 heterocycles. The summed E-state index contributed by atoms with van der Waals surface area (Å²) in [4.78, 5) is 2.41. The van der Waals surface area contributed by atoms with Gasteiger partial charge in [-0.3, -0.25) is 0 Å². The van der Waals surface area contributed by atoms with Crippen LogP contribution in [-0.2, 0) is 11.8 Å². The van der Waals surface area contributed by atoms with Crippen LogP contribution in [-0.4, -0.2) is 29.1 Å². The third-order valence-corrected chi connectivity index (χ3v) is 5.81. The summed E-state index contributed by atoms with van der Waals surface area (Å²) in [6.45, 7) is 6.06. The van der Waals surface area contributed by atoms with Crippen molar-refractivity contribution in [1.29, 1.82) is 0 Å². The van der Waals surface area contributed by atoms with Crippen LogP contribution in [0.5, 0.6) is 0 Å². The highest BCUT2D eigenvalue weighted by atomic mass is 19.4. The van der Waals surface area contributed by atoms with Crippen LogP contribution in [0, 0.1) is 5.41 Å². The lowest BCUT2D eigenvalue weighted by Crippen LogP contribution is -2.46. The van der Waals surface area contributed by atoms with Gasteiger partial charge in [0.05, 0.1) is 11.2 Å². The maximum absolute atomic E-state index is 12.9. The zero-order valence-electron chi connectivity index (χ0n) is 14.4. The molecule has 0 spiro atoms. The third-order valence-electron chi connectivity index (χ3n) is 5.81. The molecule has 1 unspecified atom stereocenters. The molecular weight excluding hydrogens is 315 g/mol. The molecule has 1 aromatic carbocycles. The Morgan fingerprint density at radius 3 is 2.33 bits per heavy atom. The Balaban J connectivity index is 1.69. The largest absolute Gasteiger partial charge is 0.416 e. The van der Waals surface area contributed by atoms with Crippen LogP contribution in [0.25, 0.3) is 0 Å². The first kappa shape index (κ1) is 17.7. The van der Waals surface area contributed by atoms with E-state index in [4.69, 9.17) is 0 Å². The quantitative estimate of drug-likeness (QED) is 0.852. The van der Waals surface area contributed by atoms with Gasteiger partial charge in [0.15, 0.2) is 0 Å². The van der Waals surface area contributed by atoms with E-state index in [1.807, 2.05) is 0 Å². The zero-order chi connectivity index (χ0) is 17.6. The molecule has 1 saturated heterocycles. The molecule has 134 valence electrons. The summed E-state index contributed by atoms with van der Waals surface area (Å²) in [5.41, 5.74) is -1.07. The molecule has 5 heteroatoms. The fraction of sp³-hybridized carbons (Fsp3) is 0.684. The highest BCUT2D eigenvalue weighted by Crippen LogP contribution is 2.42. The van der Waals surface area contributed by atoms with Gasteiger partial charge in [-0.25, -0.2) is 0 Å². The minimum absolute atomic E-state index is 0.374. The molecule has 1 N–H and O–H groups in total. The van der Waals surface area contributed by atoms with Gasteiger partial charge in [0.1, 0.15) is 0 Å². The summed E-state index contributed by atoms with van der Waals surface area (Å²) >= 11 is 0. The number of nitrogens with zero attached hydrogens (tertiary/aromatic N) is 1. The number of rotatable bonds is 2. The van der Waals surface area contributed by atoms with Crippen molar-refractivity contribution in [1.82, 2.24) is 4.90 Å². The number of piperidine rings is 1. The fourth-order valence-corrected chi connectivity index (χ4v) is 4.24. The number of aliphatic hydroxyl groups is 1. The predicted octanol–water partition coefficient (Wildman–Crippen LogP) is 4.57. The van der Waals surface area contributed by atoms with Gasteiger partial charge in [0.2, 0.25) is 0 Å². The lowest BCUT2D eigenvalue weighted by Gasteiger charge is -2.41.